The Bertz CT molecular complexity index is 987. The van der Waals surface area contributed by atoms with Crippen LogP contribution in [0.5, 0.6) is 0 Å². The van der Waals surface area contributed by atoms with E-state index in [1.807, 2.05) is 6.07 Å². The monoisotopic (exact) mass is 439 g/mol. The van der Waals surface area contributed by atoms with Crippen LogP contribution < -0.4 is 16.0 Å². The molecule has 0 aromatic heterocycles. The Morgan fingerprint density at radius 2 is 2.00 bits per heavy atom. The average molecular weight is 440 g/mol. The third kappa shape index (κ3) is 3.27. The topological polar surface area (TPSA) is 111 Å². The number of nitrogens with zero attached hydrogens (tertiary/aromatic N) is 2. The number of carbonyl (C=O) groups excluding carboxylic acids is 4. The molecule has 1 aromatic rings. The van der Waals surface area contributed by atoms with Gasteiger partial charge in [0.05, 0.1) is 11.1 Å². The van der Waals surface area contributed by atoms with E-state index in [0.717, 1.165) is 49.4 Å². The standard InChI is InChI=1S/C23H29N5O4/c1-27-11-8-17(23(27)9-3-10-24-13-23)25-12-14-4-2-5-15-19(14)22(32)28(21(15)31)16-6-7-18(29)26-20(16)30/h2,4-5,16-17,24-25H,3,6-13H2,1H3,(H,26,29,30). The first-order chi connectivity index (χ1) is 15.4. The van der Waals surface area contributed by atoms with Gasteiger partial charge in [0, 0.05) is 37.6 Å². The molecule has 4 aliphatic heterocycles. The Balaban J connectivity index is 1.37. The molecule has 4 amide bonds. The molecule has 3 saturated heterocycles. The summed E-state index contributed by atoms with van der Waals surface area (Å²) in [5.74, 6) is -1.87. The average Bonchev–Trinajstić information content (AvgIpc) is 3.22. The van der Waals surface area contributed by atoms with Crippen molar-refractivity contribution in [2.24, 2.45) is 0 Å². The van der Waals surface area contributed by atoms with Crippen molar-refractivity contribution in [3.8, 4) is 0 Å². The fourth-order valence-electron chi connectivity index (χ4n) is 5.87. The fraction of sp³-hybridized carbons (Fsp3) is 0.565. The zero-order valence-electron chi connectivity index (χ0n) is 18.3. The summed E-state index contributed by atoms with van der Waals surface area (Å²) in [6.07, 6.45) is 3.57. The highest BCUT2D eigenvalue weighted by molar-refractivity contribution is 6.24. The minimum atomic E-state index is -0.944. The van der Waals surface area contributed by atoms with Gasteiger partial charge in [0.2, 0.25) is 11.8 Å². The lowest BCUT2D eigenvalue weighted by Crippen LogP contribution is -2.61. The predicted octanol–water partition coefficient (Wildman–Crippen LogP) is 0.00370. The number of carbonyl (C=O) groups is 4. The lowest BCUT2D eigenvalue weighted by molar-refractivity contribution is -0.136. The van der Waals surface area contributed by atoms with Crippen molar-refractivity contribution < 1.29 is 19.2 Å². The number of piperidine rings is 2. The Labute approximate surface area is 186 Å². The summed E-state index contributed by atoms with van der Waals surface area (Å²) in [4.78, 5) is 53.6. The molecule has 9 heteroatoms. The second-order valence-electron chi connectivity index (χ2n) is 9.31. The van der Waals surface area contributed by atoms with Crippen LogP contribution in [0.1, 0.15) is 58.4 Å². The summed E-state index contributed by atoms with van der Waals surface area (Å²) < 4.78 is 0. The molecular formula is C23H29N5O4. The normalized spacial score (nSPS) is 30.8. The molecule has 170 valence electrons. The van der Waals surface area contributed by atoms with E-state index in [9.17, 15) is 19.2 Å². The van der Waals surface area contributed by atoms with E-state index < -0.39 is 23.8 Å². The molecule has 1 spiro atoms. The number of likely N-dealkylation sites (tertiary alicyclic amines) is 1. The van der Waals surface area contributed by atoms with Crippen molar-refractivity contribution in [3.05, 3.63) is 34.9 Å². The molecule has 3 unspecified atom stereocenters. The van der Waals surface area contributed by atoms with Gasteiger partial charge in [0.25, 0.3) is 11.8 Å². The number of amides is 4. The number of fused-ring (bicyclic) bond motifs is 1. The molecule has 0 radical (unpaired) electrons. The first-order valence-electron chi connectivity index (χ1n) is 11.4. The van der Waals surface area contributed by atoms with Crippen LogP contribution in [0.15, 0.2) is 18.2 Å². The van der Waals surface area contributed by atoms with Gasteiger partial charge in [-0.1, -0.05) is 12.1 Å². The highest BCUT2D eigenvalue weighted by Gasteiger charge is 2.48. The molecule has 4 heterocycles. The van der Waals surface area contributed by atoms with E-state index in [4.69, 9.17) is 0 Å². The minimum absolute atomic E-state index is 0.0643. The summed E-state index contributed by atoms with van der Waals surface area (Å²) in [6.45, 7) is 3.48. The third-order valence-corrected chi connectivity index (χ3v) is 7.65. The molecule has 4 aliphatic rings. The Morgan fingerprint density at radius 1 is 1.16 bits per heavy atom. The lowest BCUT2D eigenvalue weighted by Gasteiger charge is -2.44. The van der Waals surface area contributed by atoms with Crippen LogP contribution in [0.25, 0.3) is 0 Å². The van der Waals surface area contributed by atoms with Crippen LogP contribution in [-0.4, -0.2) is 77.7 Å². The van der Waals surface area contributed by atoms with E-state index in [0.29, 0.717) is 17.7 Å². The van der Waals surface area contributed by atoms with Gasteiger partial charge in [0.1, 0.15) is 6.04 Å². The van der Waals surface area contributed by atoms with Crippen molar-refractivity contribution in [2.45, 2.75) is 56.3 Å². The van der Waals surface area contributed by atoms with Crippen LogP contribution in [0, 0.1) is 0 Å². The zero-order chi connectivity index (χ0) is 22.5. The second-order valence-corrected chi connectivity index (χ2v) is 9.31. The maximum absolute atomic E-state index is 13.3. The molecule has 9 nitrogen and oxygen atoms in total. The van der Waals surface area contributed by atoms with E-state index in [1.54, 1.807) is 12.1 Å². The molecule has 0 saturated carbocycles. The first-order valence-corrected chi connectivity index (χ1v) is 11.4. The maximum atomic E-state index is 13.3. The second kappa shape index (κ2) is 8.06. The molecule has 5 rings (SSSR count). The lowest BCUT2D eigenvalue weighted by atomic mass is 9.83. The molecule has 0 bridgehead atoms. The Morgan fingerprint density at radius 3 is 2.75 bits per heavy atom. The number of hydrogen-bond donors (Lipinski definition) is 3. The number of imide groups is 2. The van der Waals surface area contributed by atoms with Gasteiger partial charge in [-0.05, 0) is 50.9 Å². The SMILES string of the molecule is CN1CCC(NCc2cccc3c2C(=O)N(C2CCC(=O)NC2=O)C3=O)C12CCCNC2. The summed E-state index contributed by atoms with van der Waals surface area (Å²) in [7, 11) is 2.18. The summed E-state index contributed by atoms with van der Waals surface area (Å²) >= 11 is 0. The highest BCUT2D eigenvalue weighted by Crippen LogP contribution is 2.35. The highest BCUT2D eigenvalue weighted by atomic mass is 16.2. The van der Waals surface area contributed by atoms with Crippen LogP contribution in [0.4, 0.5) is 0 Å². The van der Waals surface area contributed by atoms with E-state index >= 15 is 0 Å². The van der Waals surface area contributed by atoms with Crippen molar-refractivity contribution in [1.82, 2.24) is 25.8 Å². The largest absolute Gasteiger partial charge is 0.315 e. The van der Waals surface area contributed by atoms with Crippen LogP contribution in [0.3, 0.4) is 0 Å². The predicted molar refractivity (Wildman–Crippen MR) is 116 cm³/mol. The van der Waals surface area contributed by atoms with Gasteiger partial charge in [0.15, 0.2) is 0 Å². The van der Waals surface area contributed by atoms with Gasteiger partial charge in [-0.15, -0.1) is 0 Å². The Hall–Kier alpha value is -2.62. The van der Waals surface area contributed by atoms with E-state index in [2.05, 4.69) is 27.9 Å². The minimum Gasteiger partial charge on any atom is -0.315 e. The molecule has 1 aromatic carbocycles. The molecule has 3 atom stereocenters. The quantitative estimate of drug-likeness (QED) is 0.567. The molecule has 3 N–H and O–H groups in total. The van der Waals surface area contributed by atoms with Crippen molar-refractivity contribution in [1.29, 1.82) is 0 Å². The smallest absolute Gasteiger partial charge is 0.262 e. The molecule has 3 fully saturated rings. The van der Waals surface area contributed by atoms with Crippen LogP contribution >= 0.6 is 0 Å². The summed E-state index contributed by atoms with van der Waals surface area (Å²) in [5, 5.41) is 9.45. The molecule has 0 aliphatic carbocycles. The number of hydrogen-bond acceptors (Lipinski definition) is 7. The fourth-order valence-corrected chi connectivity index (χ4v) is 5.87. The van der Waals surface area contributed by atoms with Gasteiger partial charge < -0.3 is 10.6 Å². The van der Waals surface area contributed by atoms with Gasteiger partial charge >= 0.3 is 0 Å². The summed E-state index contributed by atoms with van der Waals surface area (Å²) in [6, 6.07) is 4.64. The maximum Gasteiger partial charge on any atom is 0.262 e. The zero-order valence-corrected chi connectivity index (χ0v) is 18.3. The number of likely N-dealkylation sites (N-methyl/N-ethyl adjacent to an activating group) is 1. The number of nitrogens with one attached hydrogen (secondary N) is 3. The van der Waals surface area contributed by atoms with Crippen molar-refractivity contribution >= 4 is 23.6 Å². The van der Waals surface area contributed by atoms with Crippen LogP contribution in [0.2, 0.25) is 0 Å². The van der Waals surface area contributed by atoms with Crippen LogP contribution in [-0.2, 0) is 16.1 Å². The molecule has 32 heavy (non-hydrogen) atoms. The number of benzene rings is 1. The van der Waals surface area contributed by atoms with Gasteiger partial charge in [-0.2, -0.15) is 0 Å². The van der Waals surface area contributed by atoms with E-state index in [-0.39, 0.29) is 30.3 Å². The number of rotatable bonds is 4. The van der Waals surface area contributed by atoms with E-state index in [1.165, 1.54) is 0 Å². The Kier molecular flexibility index (Phi) is 5.35. The van der Waals surface area contributed by atoms with Crippen molar-refractivity contribution in [2.75, 3.05) is 26.7 Å². The summed E-state index contributed by atoms with van der Waals surface area (Å²) in [5.41, 5.74) is 1.53. The third-order valence-electron chi connectivity index (χ3n) is 7.65. The van der Waals surface area contributed by atoms with Gasteiger partial charge in [-0.3, -0.25) is 34.3 Å². The van der Waals surface area contributed by atoms with Crippen molar-refractivity contribution in [3.63, 3.8) is 0 Å². The molecular weight excluding hydrogens is 410 g/mol. The van der Waals surface area contributed by atoms with Gasteiger partial charge in [-0.25, -0.2) is 0 Å². The first kappa shape index (κ1) is 21.2.